The maximum atomic E-state index is 10.9. The van der Waals surface area contributed by atoms with Crippen molar-refractivity contribution >= 4 is 35.6 Å². The number of rotatable bonds is 1. The third-order valence-corrected chi connectivity index (χ3v) is 3.97. The van der Waals surface area contributed by atoms with Gasteiger partial charge in [0.15, 0.2) is 10.2 Å². The average Bonchev–Trinajstić information content (AvgIpc) is 2.75. The molecule has 0 unspecified atom stereocenters. The van der Waals surface area contributed by atoms with Crippen molar-refractivity contribution in [2.75, 3.05) is 13.1 Å². The molecule has 0 saturated carbocycles. The van der Waals surface area contributed by atoms with Crippen molar-refractivity contribution in [3.8, 4) is 0 Å². The lowest BCUT2D eigenvalue weighted by molar-refractivity contribution is 0.149. The summed E-state index contributed by atoms with van der Waals surface area (Å²) in [4.78, 5) is 16.2. The molecule has 0 fully saturated rings. The lowest BCUT2D eigenvalue weighted by Crippen LogP contribution is -2.36. The van der Waals surface area contributed by atoms with Gasteiger partial charge in [-0.05, 0) is 12.0 Å². The van der Waals surface area contributed by atoms with E-state index >= 15 is 0 Å². The molecule has 3 heterocycles. The van der Waals surface area contributed by atoms with Crippen LogP contribution in [0.15, 0.2) is 40.3 Å². The molecule has 1 amide bonds. The summed E-state index contributed by atoms with van der Waals surface area (Å²) >= 11 is 12.7. The molecule has 2 N–H and O–H groups in total. The number of amides is 1. The standard InChI is InChI=1S/C12H12Cl2N4O2/c13-12(14)5-10-15-7-16-18(10)6-9(12)8-1-3-17(4-2-8)11(19)20/h1,5-7H,2-4H2,(H,15,16)(H,19,20)/i7D. The van der Waals surface area contributed by atoms with Crippen LogP contribution in [-0.4, -0.2) is 44.8 Å². The maximum absolute atomic E-state index is 10.9. The highest BCUT2D eigenvalue weighted by atomic mass is 35.5. The number of aliphatic imine (C=N–C) groups is 1. The van der Waals surface area contributed by atoms with Crippen LogP contribution < -0.4 is 5.43 Å². The lowest BCUT2D eigenvalue weighted by atomic mass is 9.95. The molecule has 3 aliphatic heterocycles. The van der Waals surface area contributed by atoms with Gasteiger partial charge < -0.3 is 10.0 Å². The second-order valence-corrected chi connectivity index (χ2v) is 5.97. The summed E-state index contributed by atoms with van der Waals surface area (Å²) in [6.45, 7) is 0.697. The Morgan fingerprint density at radius 3 is 3.05 bits per heavy atom. The average molecular weight is 316 g/mol. The van der Waals surface area contributed by atoms with E-state index in [1.54, 1.807) is 23.4 Å². The quantitative estimate of drug-likeness (QED) is 0.727. The van der Waals surface area contributed by atoms with Crippen molar-refractivity contribution in [1.82, 2.24) is 15.3 Å². The Morgan fingerprint density at radius 2 is 2.40 bits per heavy atom. The second kappa shape index (κ2) is 4.71. The summed E-state index contributed by atoms with van der Waals surface area (Å²) < 4.78 is 6.24. The molecule has 0 aromatic carbocycles. The number of allylic oxidation sites excluding steroid dienone is 2. The van der Waals surface area contributed by atoms with E-state index in [2.05, 4.69) is 10.4 Å². The Labute approximate surface area is 127 Å². The zero-order valence-electron chi connectivity index (χ0n) is 11.3. The van der Waals surface area contributed by atoms with Crippen LogP contribution in [0.5, 0.6) is 0 Å². The number of hydrogen-bond donors (Lipinski definition) is 2. The maximum Gasteiger partial charge on any atom is 0.407 e. The van der Waals surface area contributed by atoms with E-state index in [1.807, 2.05) is 0 Å². The van der Waals surface area contributed by atoms with Crippen molar-refractivity contribution in [3.05, 3.63) is 35.3 Å². The molecule has 106 valence electrons. The van der Waals surface area contributed by atoms with E-state index in [0.717, 1.165) is 5.57 Å². The van der Waals surface area contributed by atoms with E-state index in [-0.39, 0.29) is 6.31 Å². The van der Waals surface area contributed by atoms with Gasteiger partial charge in [-0.1, -0.05) is 29.3 Å². The molecule has 3 aliphatic rings. The van der Waals surface area contributed by atoms with Gasteiger partial charge in [0, 0.05) is 30.9 Å². The van der Waals surface area contributed by atoms with E-state index in [9.17, 15) is 4.79 Å². The molecule has 0 aliphatic carbocycles. The number of amidine groups is 1. The SMILES string of the molecule is [2H]C1=NC2=CC(Cl)(Cl)C(C3=CCN(C(=O)O)CC3)=CN2N1. The minimum Gasteiger partial charge on any atom is -0.465 e. The molecule has 0 aromatic rings. The number of carboxylic acid groups (broad SMARTS) is 1. The van der Waals surface area contributed by atoms with Crippen LogP contribution in [0, 0.1) is 0 Å². The first kappa shape index (κ1) is 12.1. The Kier molecular flexibility index (Phi) is 2.85. The molecule has 20 heavy (non-hydrogen) atoms. The Bertz CT molecular complexity index is 627. The van der Waals surface area contributed by atoms with Gasteiger partial charge in [-0.2, -0.15) is 0 Å². The van der Waals surface area contributed by atoms with E-state index < -0.39 is 10.4 Å². The number of alkyl halides is 2. The van der Waals surface area contributed by atoms with Gasteiger partial charge in [0.2, 0.25) is 0 Å². The highest BCUT2D eigenvalue weighted by Gasteiger charge is 2.36. The van der Waals surface area contributed by atoms with E-state index in [0.29, 0.717) is 30.9 Å². The fourth-order valence-electron chi connectivity index (χ4n) is 2.29. The zero-order valence-corrected chi connectivity index (χ0v) is 11.8. The predicted molar refractivity (Wildman–Crippen MR) is 76.4 cm³/mol. The summed E-state index contributed by atoms with van der Waals surface area (Å²) in [5.74, 6) is 0.470. The number of nitrogens with one attached hydrogen (secondary N) is 1. The first-order valence-electron chi connectivity index (χ1n) is 6.48. The molecule has 0 atom stereocenters. The monoisotopic (exact) mass is 315 g/mol. The molecular weight excluding hydrogens is 303 g/mol. The summed E-state index contributed by atoms with van der Waals surface area (Å²) in [6.07, 6.45) is 4.66. The fourth-order valence-corrected chi connectivity index (χ4v) is 2.82. The molecule has 0 spiro atoms. The molecule has 8 heteroatoms. The number of fused-ring (bicyclic) bond motifs is 1. The van der Waals surface area contributed by atoms with Crippen LogP contribution in [0.25, 0.3) is 0 Å². The highest BCUT2D eigenvalue weighted by molar-refractivity contribution is 6.52. The third-order valence-electron chi connectivity index (χ3n) is 3.34. The van der Waals surface area contributed by atoms with Gasteiger partial charge >= 0.3 is 6.09 Å². The van der Waals surface area contributed by atoms with Crippen molar-refractivity contribution in [2.24, 2.45) is 4.99 Å². The van der Waals surface area contributed by atoms with Gasteiger partial charge in [0.25, 0.3) is 0 Å². The molecule has 0 bridgehead atoms. The van der Waals surface area contributed by atoms with Crippen LogP contribution in [0.4, 0.5) is 4.79 Å². The molecule has 0 saturated heterocycles. The normalized spacial score (nSPS) is 24.8. The Morgan fingerprint density at radius 1 is 1.60 bits per heavy atom. The van der Waals surface area contributed by atoms with E-state index in [1.165, 1.54) is 4.90 Å². The topological polar surface area (TPSA) is 68.2 Å². The first-order valence-corrected chi connectivity index (χ1v) is 6.74. The number of hydrogen-bond acceptors (Lipinski definition) is 4. The highest BCUT2D eigenvalue weighted by Crippen LogP contribution is 2.42. The largest absolute Gasteiger partial charge is 0.465 e. The number of nitrogens with zero attached hydrogens (tertiary/aromatic N) is 3. The van der Waals surface area contributed by atoms with Crippen LogP contribution in [0.2, 0.25) is 0 Å². The molecule has 0 aromatic heterocycles. The smallest absolute Gasteiger partial charge is 0.407 e. The molecular formula is C12H12Cl2N4O2. The minimum atomic E-state index is -1.25. The summed E-state index contributed by atoms with van der Waals surface area (Å²) in [5.41, 5.74) is 4.31. The van der Waals surface area contributed by atoms with Crippen molar-refractivity contribution in [3.63, 3.8) is 0 Å². The van der Waals surface area contributed by atoms with Crippen LogP contribution in [0.3, 0.4) is 0 Å². The van der Waals surface area contributed by atoms with E-state index in [4.69, 9.17) is 29.7 Å². The van der Waals surface area contributed by atoms with Gasteiger partial charge in [-0.3, -0.25) is 5.43 Å². The predicted octanol–water partition coefficient (Wildman–Crippen LogP) is 2.06. The van der Waals surface area contributed by atoms with Crippen LogP contribution in [-0.2, 0) is 0 Å². The fraction of sp³-hybridized carbons (Fsp3) is 0.333. The van der Waals surface area contributed by atoms with Crippen molar-refractivity contribution in [2.45, 2.75) is 10.8 Å². The zero-order chi connectivity index (χ0) is 15.2. The summed E-state index contributed by atoms with van der Waals surface area (Å²) in [6, 6.07) is 0. The molecule has 0 radical (unpaired) electrons. The van der Waals surface area contributed by atoms with Gasteiger partial charge in [0.1, 0.15) is 7.69 Å². The van der Waals surface area contributed by atoms with Crippen LogP contribution >= 0.6 is 23.2 Å². The lowest BCUT2D eigenvalue weighted by Gasteiger charge is -2.32. The van der Waals surface area contributed by atoms with Crippen molar-refractivity contribution < 1.29 is 11.3 Å². The third kappa shape index (κ3) is 2.25. The Hall–Kier alpha value is -1.66. The number of hydrazine groups is 1. The van der Waals surface area contributed by atoms with Gasteiger partial charge in [-0.25, -0.2) is 14.8 Å². The van der Waals surface area contributed by atoms with Gasteiger partial charge in [-0.15, -0.1) is 0 Å². The number of carbonyl (C=O) groups is 1. The summed E-state index contributed by atoms with van der Waals surface area (Å²) in [7, 11) is 0. The molecule has 3 rings (SSSR count). The first-order chi connectivity index (χ1) is 9.87. The summed E-state index contributed by atoms with van der Waals surface area (Å²) in [5, 5.41) is 10.5. The van der Waals surface area contributed by atoms with Gasteiger partial charge in [0.05, 0.1) is 0 Å². The second-order valence-electron chi connectivity index (χ2n) is 4.58. The van der Waals surface area contributed by atoms with Crippen molar-refractivity contribution in [1.29, 1.82) is 0 Å². The minimum absolute atomic E-state index is 0.0116. The Balaban J connectivity index is 1.87. The molecule has 6 nitrogen and oxygen atoms in total. The van der Waals surface area contributed by atoms with Crippen LogP contribution in [0.1, 0.15) is 7.79 Å². The number of halogens is 2.